The van der Waals surface area contributed by atoms with E-state index in [1.807, 2.05) is 0 Å². The largest absolute Gasteiger partial charge is 0.477 e. The number of hydrogen-bond acceptors (Lipinski definition) is 37. The van der Waals surface area contributed by atoms with Crippen LogP contribution in [0.15, 0.2) is 0 Å². The Balaban J connectivity index is 1.16. The van der Waals surface area contributed by atoms with Crippen LogP contribution in [0.4, 0.5) is 0 Å². The maximum absolute atomic E-state index is 13.3. The second-order valence-electron chi connectivity index (χ2n) is 24.8. The Kier molecular flexibility index (Phi) is 27.9. The fourth-order valence-corrected chi connectivity index (χ4v) is 12.2. The van der Waals surface area contributed by atoms with E-state index >= 15 is 0 Å². The molecule has 7 rings (SSSR count). The van der Waals surface area contributed by atoms with E-state index in [2.05, 4.69) is 16.0 Å². The summed E-state index contributed by atoms with van der Waals surface area (Å²) in [4.78, 5) is 38.6. The van der Waals surface area contributed by atoms with Gasteiger partial charge in [0, 0.05) is 46.6 Å². The van der Waals surface area contributed by atoms with E-state index in [-0.39, 0.29) is 6.54 Å². The fraction of sp³-hybridized carbons (Fsp3) is 0.944. The molecule has 2 amide bonds. The maximum atomic E-state index is 13.3. The molecule has 40 heteroatoms. The highest BCUT2D eigenvalue weighted by molar-refractivity contribution is 5.76. The average Bonchev–Trinajstić information content (AvgIpc) is 0.769. The molecule has 7 saturated heterocycles. The van der Waals surface area contributed by atoms with Crippen LogP contribution in [0, 0.1) is 0 Å². The Morgan fingerprint density at radius 3 is 1.34 bits per heavy atom. The van der Waals surface area contributed by atoms with Gasteiger partial charge in [0.2, 0.25) is 11.8 Å². The minimum absolute atomic E-state index is 0.298. The van der Waals surface area contributed by atoms with Gasteiger partial charge in [0.1, 0.15) is 153 Å². The summed E-state index contributed by atoms with van der Waals surface area (Å²) in [5.74, 6) is -6.65. The lowest BCUT2D eigenvalue weighted by molar-refractivity contribution is -0.405. The highest BCUT2D eigenvalue weighted by Crippen LogP contribution is 2.41. The zero-order valence-corrected chi connectivity index (χ0v) is 52.1. The number of carboxylic acid groups (broad SMARTS) is 1. The normalized spacial score (nSPS) is 46.8. The summed E-state index contributed by atoms with van der Waals surface area (Å²) < 4.78 is 87.6. The molecule has 22 N–H and O–H groups in total. The van der Waals surface area contributed by atoms with E-state index in [1.165, 1.54) is 0 Å². The van der Waals surface area contributed by atoms with Crippen molar-refractivity contribution in [1.82, 2.24) is 16.0 Å². The van der Waals surface area contributed by atoms with Gasteiger partial charge in [-0.3, -0.25) is 9.59 Å². The topological polar surface area (TPSA) is 610 Å². The van der Waals surface area contributed by atoms with E-state index in [0.29, 0.717) is 0 Å². The number of aliphatic hydroxyl groups excluding tert-OH is 18. The highest BCUT2D eigenvalue weighted by atomic mass is 16.8. The smallest absolute Gasteiger partial charge is 0.364 e. The molecule has 7 fully saturated rings. The Labute approximate surface area is 536 Å². The summed E-state index contributed by atoms with van der Waals surface area (Å²) in [5, 5.41) is 219. The monoisotopic (exact) mass is 1380 g/mol. The molecule has 0 saturated carbocycles. The molecule has 0 aromatic heterocycles. The summed E-state index contributed by atoms with van der Waals surface area (Å²) >= 11 is 0. The Morgan fingerprint density at radius 1 is 0.457 bits per heavy atom. The first-order chi connectivity index (χ1) is 44.3. The molecule has 7 aliphatic heterocycles. The van der Waals surface area contributed by atoms with Crippen molar-refractivity contribution in [2.24, 2.45) is 0 Å². The van der Waals surface area contributed by atoms with Gasteiger partial charge in [-0.2, -0.15) is 0 Å². The number of carbonyl (C=O) groups excluding carboxylic acids is 2. The van der Waals surface area contributed by atoms with Gasteiger partial charge < -0.3 is 184 Å². The van der Waals surface area contributed by atoms with Gasteiger partial charge in [0.25, 0.3) is 5.79 Å². The van der Waals surface area contributed by atoms with Gasteiger partial charge in [-0.1, -0.05) is 0 Å². The lowest BCUT2D eigenvalue weighted by Gasteiger charge is -2.52. The molecule has 546 valence electrons. The first kappa shape index (κ1) is 78.4. The van der Waals surface area contributed by atoms with Crippen molar-refractivity contribution < 1.29 is 182 Å². The lowest BCUT2D eigenvalue weighted by Crippen LogP contribution is -2.71. The minimum atomic E-state index is -3.07. The number of β-amino-alcohol motifs (C(OH)–C–C–N with tert-alkyl or cyclic N) is 1. The maximum Gasteiger partial charge on any atom is 0.364 e. The molecule has 0 aromatic carbocycles. The summed E-state index contributed by atoms with van der Waals surface area (Å²) in [6.07, 6.45) is -63.5. The molecule has 40 nitrogen and oxygen atoms in total. The number of amides is 2. The van der Waals surface area contributed by atoms with Crippen molar-refractivity contribution >= 4 is 17.8 Å². The molecule has 14 unspecified atom stereocenters. The van der Waals surface area contributed by atoms with E-state index in [4.69, 9.17) is 71.1 Å². The van der Waals surface area contributed by atoms with Crippen molar-refractivity contribution in [1.29, 1.82) is 0 Å². The van der Waals surface area contributed by atoms with E-state index in [1.54, 1.807) is 20.8 Å². The zero-order chi connectivity index (χ0) is 69.7. The summed E-state index contributed by atoms with van der Waals surface area (Å²) in [5.41, 5.74) is -0.630. The van der Waals surface area contributed by atoms with E-state index < -0.39 is 284 Å². The molecule has 0 spiro atoms. The zero-order valence-electron chi connectivity index (χ0n) is 52.1. The van der Waals surface area contributed by atoms with Crippen LogP contribution in [0.1, 0.15) is 41.0 Å². The van der Waals surface area contributed by atoms with E-state index in [9.17, 15) is 111 Å². The summed E-state index contributed by atoms with van der Waals surface area (Å²) in [6, 6.07) is -3.34. The number of carboxylic acids is 1. The number of aliphatic carboxylic acids is 1. The number of aliphatic hydroxyl groups is 18. The summed E-state index contributed by atoms with van der Waals surface area (Å²) in [6.45, 7) is 0.790. The van der Waals surface area contributed by atoms with Gasteiger partial charge in [0.15, 0.2) is 37.7 Å². The molecule has 94 heavy (non-hydrogen) atoms. The van der Waals surface area contributed by atoms with Gasteiger partial charge in [-0.25, -0.2) is 4.79 Å². The number of carbonyl (C=O) groups is 3. The average molecular weight is 1380 g/mol. The predicted molar refractivity (Wildman–Crippen MR) is 296 cm³/mol. The SMILES string of the molecule is CO[C@@H]1OC(CO)[C@@H](O[C@@H]2OC(CO)[C@H](O[C@H]3OC(CO)[C@@H](OC)[C@H](O[C@@H]4OC(CO)[C@@H](O[C@@H]5OC(CO)[C@H](O)[C@H](O[C@@]6(C(=O)O)C[C@@H](O)[C@H](NC(C)=O)C(C(O)CNC(C)(C)C)O6)C5O)[C@H](O)C4NC(C)=O)C3O)[C@H](O[C@@H]3OC(CO)[C@@H](O)[C@H](O)C3O)C2O)[C@H](O)C1O. The lowest BCUT2D eigenvalue weighted by atomic mass is 9.89. The van der Waals surface area contributed by atoms with Gasteiger partial charge in [0.05, 0.1) is 57.9 Å². The molecule has 0 radical (unpaired) electrons. The Hall–Kier alpha value is -2.95. The first-order valence-electron chi connectivity index (χ1n) is 30.2. The Morgan fingerprint density at radius 2 is 0.851 bits per heavy atom. The minimum Gasteiger partial charge on any atom is -0.477 e. The van der Waals surface area contributed by atoms with Crippen LogP contribution in [-0.4, -0.2) is 395 Å². The molecule has 35 atom stereocenters. The van der Waals surface area contributed by atoms with Crippen molar-refractivity contribution in [2.75, 3.05) is 60.4 Å². The first-order valence-corrected chi connectivity index (χ1v) is 30.2. The number of ether oxygens (including phenoxy) is 15. The molecule has 0 aliphatic carbocycles. The predicted octanol–water partition coefficient (Wildman–Crippen LogP) is -13.4. The highest BCUT2D eigenvalue weighted by Gasteiger charge is 2.62. The third-order valence-electron chi connectivity index (χ3n) is 17.1. The van der Waals surface area contributed by atoms with Crippen LogP contribution in [0.25, 0.3) is 0 Å². The molecule has 0 aromatic rings. The number of nitrogens with one attached hydrogen (secondary N) is 3. The van der Waals surface area contributed by atoms with Crippen molar-refractivity contribution in [3.05, 3.63) is 0 Å². The third-order valence-corrected chi connectivity index (χ3v) is 17.1. The number of methoxy groups -OCH3 is 2. The van der Waals surface area contributed by atoms with Crippen molar-refractivity contribution in [2.45, 2.75) is 261 Å². The Bertz CT molecular complexity index is 2390. The third kappa shape index (κ3) is 17.3. The number of hydrogen-bond donors (Lipinski definition) is 22. The van der Waals surface area contributed by atoms with Crippen LogP contribution in [0.2, 0.25) is 0 Å². The molecular formula is C54H93N3O37. The fourth-order valence-electron chi connectivity index (χ4n) is 12.2. The van der Waals surface area contributed by atoms with E-state index in [0.717, 1.165) is 28.1 Å². The standard InChI is InChI=1S/C54H93N3O37/c1-16(64)56-26-18(66)8-54(52(78)79,93-38(26)19(67)9-55-53(3,4)5)94-43-29(69)21(11-59)83-49(35(43)75)88-39-22(12-60)84-46(27(30(39)70)57-17(2)65)91-44-36(76)51(86-24(14-62)41(44)80-6)90-42-25(15-63)87-50(89-40-23(13-61)85-47(81-7)34(74)32(40)72)37(77)45(42)92-48-33(73)31(71)28(68)20(10-58)82-48/h18-51,55,58-63,66-77H,8-15H2,1-7H3,(H,56,64)(H,57,65)(H,78,79)/t18-,19?,20?,21?,22?,23?,24?,25?,26+,27?,28-,29+,30-,31+,32-,33?,34?,35?,36?,37?,38?,39-,40-,41-,42+,43+,44-,45-,46+,47-,48+,49+,50+,51-,54-/m1/s1. The van der Waals surface area contributed by atoms with Crippen LogP contribution in [0.3, 0.4) is 0 Å². The second-order valence-corrected chi connectivity index (χ2v) is 24.8. The molecule has 7 heterocycles. The van der Waals surface area contributed by atoms with Crippen LogP contribution in [-0.2, 0) is 85.4 Å². The van der Waals surface area contributed by atoms with Gasteiger partial charge >= 0.3 is 5.97 Å². The molecule has 7 aliphatic rings. The molecular weight excluding hydrogens is 1280 g/mol. The van der Waals surface area contributed by atoms with Crippen LogP contribution < -0.4 is 16.0 Å². The van der Waals surface area contributed by atoms with Gasteiger partial charge in [-0.05, 0) is 20.8 Å². The summed E-state index contributed by atoms with van der Waals surface area (Å²) in [7, 11) is 2.20. The second kappa shape index (κ2) is 33.5. The quantitative estimate of drug-likeness (QED) is 0.0382. The van der Waals surface area contributed by atoms with Gasteiger partial charge in [-0.15, -0.1) is 0 Å². The van der Waals surface area contributed by atoms with Crippen LogP contribution >= 0.6 is 0 Å². The van der Waals surface area contributed by atoms with Crippen molar-refractivity contribution in [3.63, 3.8) is 0 Å². The number of rotatable bonds is 26. The van der Waals surface area contributed by atoms with Crippen molar-refractivity contribution in [3.8, 4) is 0 Å². The van der Waals surface area contributed by atoms with Crippen LogP contribution in [0.5, 0.6) is 0 Å². The molecule has 0 bridgehead atoms.